The van der Waals surface area contributed by atoms with Crippen LogP contribution in [0.15, 0.2) is 28.8 Å². The van der Waals surface area contributed by atoms with Gasteiger partial charge in [-0.05, 0) is 44.7 Å². The highest BCUT2D eigenvalue weighted by Gasteiger charge is 2.43. The monoisotopic (exact) mass is 575 g/mol. The molecule has 1 unspecified atom stereocenters. The van der Waals surface area contributed by atoms with Crippen LogP contribution in [-0.4, -0.2) is 47.6 Å². The number of benzene rings is 1. The van der Waals surface area contributed by atoms with Gasteiger partial charge in [0.1, 0.15) is 12.1 Å². The maximum atomic E-state index is 13.0. The van der Waals surface area contributed by atoms with Gasteiger partial charge in [0.25, 0.3) is 5.91 Å². The van der Waals surface area contributed by atoms with E-state index in [0.717, 1.165) is 31.2 Å². The van der Waals surface area contributed by atoms with Gasteiger partial charge >= 0.3 is 24.5 Å². The molecular formula is C23H22F9N3O4. The lowest BCUT2D eigenvalue weighted by Crippen LogP contribution is -2.41. The van der Waals surface area contributed by atoms with Crippen molar-refractivity contribution in [2.24, 2.45) is 0 Å². The fourth-order valence-corrected chi connectivity index (χ4v) is 3.86. The van der Waals surface area contributed by atoms with Gasteiger partial charge in [-0.1, -0.05) is 17.3 Å². The zero-order valence-corrected chi connectivity index (χ0v) is 20.1. The molecule has 0 spiro atoms. The maximum absolute atomic E-state index is 13.0. The van der Waals surface area contributed by atoms with Crippen LogP contribution in [0.1, 0.15) is 54.2 Å². The van der Waals surface area contributed by atoms with Crippen LogP contribution >= 0.6 is 0 Å². The van der Waals surface area contributed by atoms with Crippen LogP contribution in [0.25, 0.3) is 11.3 Å². The first kappa shape index (κ1) is 30.2. The summed E-state index contributed by atoms with van der Waals surface area (Å²) in [6.45, 7) is 0.249. The predicted octanol–water partition coefficient (Wildman–Crippen LogP) is 5.55. The lowest BCUT2D eigenvalue weighted by Gasteiger charge is -2.28. The second kappa shape index (κ2) is 11.4. The predicted molar refractivity (Wildman–Crippen MR) is 115 cm³/mol. The number of alkyl halides is 9. The molecule has 7 nitrogen and oxygen atoms in total. The Labute approximate surface area is 215 Å². The molecule has 216 valence electrons. The highest BCUT2D eigenvalue weighted by Crippen LogP contribution is 2.33. The number of ether oxygens (including phenoxy) is 1. The SMILES string of the molecule is CC(NCc1c(C(=O)NC2CCC(OC(=O)C(F)(F)F)CC2)noc1-c1ccc(C(F)(F)F)cc1)C(F)(F)F. The van der Waals surface area contributed by atoms with Crippen molar-refractivity contribution < 1.29 is 58.4 Å². The van der Waals surface area contributed by atoms with Crippen LogP contribution in [0.3, 0.4) is 0 Å². The summed E-state index contributed by atoms with van der Waals surface area (Å²) in [6.07, 6.45) is -15.1. The van der Waals surface area contributed by atoms with Gasteiger partial charge in [-0.2, -0.15) is 39.5 Å². The Bertz CT molecular complexity index is 1150. The van der Waals surface area contributed by atoms with E-state index in [0.29, 0.717) is 0 Å². The van der Waals surface area contributed by atoms with Gasteiger partial charge in [0, 0.05) is 23.7 Å². The number of esters is 1. The smallest absolute Gasteiger partial charge is 0.456 e. The van der Waals surface area contributed by atoms with Crippen molar-refractivity contribution in [3.8, 4) is 11.3 Å². The summed E-state index contributed by atoms with van der Waals surface area (Å²) >= 11 is 0. The molecule has 39 heavy (non-hydrogen) atoms. The van der Waals surface area contributed by atoms with Crippen molar-refractivity contribution in [3.05, 3.63) is 41.1 Å². The number of hydrogen-bond donors (Lipinski definition) is 2. The van der Waals surface area contributed by atoms with Gasteiger partial charge in [0.05, 0.1) is 5.56 Å². The van der Waals surface area contributed by atoms with Gasteiger partial charge < -0.3 is 19.9 Å². The normalized spacial score (nSPS) is 19.4. The highest BCUT2D eigenvalue weighted by molar-refractivity contribution is 5.95. The molecule has 0 radical (unpaired) electrons. The number of amides is 1. The maximum Gasteiger partial charge on any atom is 0.490 e. The van der Waals surface area contributed by atoms with Crippen molar-refractivity contribution in [2.75, 3.05) is 0 Å². The second-order valence-corrected chi connectivity index (χ2v) is 8.91. The summed E-state index contributed by atoms with van der Waals surface area (Å²) in [4.78, 5) is 23.9. The number of rotatable bonds is 7. The number of nitrogens with one attached hydrogen (secondary N) is 2. The number of carbonyl (C=O) groups excluding carboxylic acids is 2. The molecule has 2 N–H and O–H groups in total. The van der Waals surface area contributed by atoms with Crippen LogP contribution in [0.2, 0.25) is 0 Å². The van der Waals surface area contributed by atoms with Crippen molar-refractivity contribution in [1.29, 1.82) is 0 Å². The number of halogens is 9. The Morgan fingerprint density at radius 3 is 2.10 bits per heavy atom. The quantitative estimate of drug-likeness (QED) is 0.333. The minimum absolute atomic E-state index is 0.0138. The van der Waals surface area contributed by atoms with E-state index >= 15 is 0 Å². The topological polar surface area (TPSA) is 93.5 Å². The van der Waals surface area contributed by atoms with Crippen LogP contribution in [0.5, 0.6) is 0 Å². The number of hydrogen-bond acceptors (Lipinski definition) is 6. The third-order valence-electron chi connectivity index (χ3n) is 6.07. The summed E-state index contributed by atoms with van der Waals surface area (Å²) in [5, 5.41) is 8.37. The first-order valence-electron chi connectivity index (χ1n) is 11.5. The molecule has 2 aromatic rings. The van der Waals surface area contributed by atoms with Crippen molar-refractivity contribution in [1.82, 2.24) is 15.8 Å². The van der Waals surface area contributed by atoms with Crippen LogP contribution in [0, 0.1) is 0 Å². The fourth-order valence-electron chi connectivity index (χ4n) is 3.86. The molecule has 1 atom stereocenters. The van der Waals surface area contributed by atoms with E-state index in [-0.39, 0.29) is 42.6 Å². The average Bonchev–Trinajstić information content (AvgIpc) is 3.26. The summed E-state index contributed by atoms with van der Waals surface area (Å²) in [5.74, 6) is -3.42. The van der Waals surface area contributed by atoms with Crippen molar-refractivity contribution in [3.63, 3.8) is 0 Å². The van der Waals surface area contributed by atoms with E-state index in [2.05, 4.69) is 20.5 Å². The third kappa shape index (κ3) is 7.86. The van der Waals surface area contributed by atoms with Gasteiger partial charge in [-0.25, -0.2) is 4.79 Å². The molecule has 1 aromatic heterocycles. The van der Waals surface area contributed by atoms with Gasteiger partial charge in [-0.15, -0.1) is 0 Å². The Balaban J connectivity index is 1.76. The van der Waals surface area contributed by atoms with Crippen LogP contribution in [-0.2, 0) is 22.3 Å². The Morgan fingerprint density at radius 2 is 1.59 bits per heavy atom. The van der Waals surface area contributed by atoms with E-state index in [1.165, 1.54) is 0 Å². The van der Waals surface area contributed by atoms with Crippen LogP contribution in [0.4, 0.5) is 39.5 Å². The van der Waals surface area contributed by atoms with Crippen molar-refractivity contribution >= 4 is 11.9 Å². The molecule has 0 aliphatic heterocycles. The Hall–Kier alpha value is -3.30. The standard InChI is InChI=1S/C23H22F9N3O4/c1-11(21(24,25)26)33-10-16-17(35-39-18(16)12-2-4-13(5-3-12)22(27,28)29)19(36)34-14-6-8-15(9-7-14)38-20(37)23(30,31)32/h2-5,11,14-15,33H,6-10H2,1H3,(H,34,36). The molecule has 1 aliphatic carbocycles. The molecule has 1 heterocycles. The summed E-state index contributed by atoms with van der Waals surface area (Å²) in [7, 11) is 0. The van der Waals surface area contributed by atoms with E-state index in [4.69, 9.17) is 4.52 Å². The van der Waals surface area contributed by atoms with Crippen LogP contribution < -0.4 is 10.6 Å². The van der Waals surface area contributed by atoms with E-state index in [1.54, 1.807) is 0 Å². The molecule has 0 saturated heterocycles. The molecule has 1 saturated carbocycles. The minimum atomic E-state index is -5.14. The first-order valence-corrected chi connectivity index (χ1v) is 11.5. The molecule has 3 rings (SSSR count). The highest BCUT2D eigenvalue weighted by atomic mass is 19.4. The Kier molecular flexibility index (Phi) is 8.87. The second-order valence-electron chi connectivity index (χ2n) is 8.91. The number of carbonyl (C=O) groups is 2. The summed E-state index contributed by atoms with van der Waals surface area (Å²) < 4.78 is 125. The van der Waals surface area contributed by atoms with Gasteiger partial charge in [0.15, 0.2) is 11.5 Å². The Morgan fingerprint density at radius 1 is 1.00 bits per heavy atom. The van der Waals surface area contributed by atoms with E-state index in [1.807, 2.05) is 0 Å². The van der Waals surface area contributed by atoms with E-state index < -0.39 is 66.4 Å². The summed E-state index contributed by atoms with van der Waals surface area (Å²) in [5.41, 5.74) is -1.52. The summed E-state index contributed by atoms with van der Waals surface area (Å²) in [6, 6.07) is 0.906. The molecule has 0 bridgehead atoms. The van der Waals surface area contributed by atoms with Gasteiger partial charge in [0.2, 0.25) is 0 Å². The lowest BCUT2D eigenvalue weighted by atomic mass is 9.92. The first-order chi connectivity index (χ1) is 18.0. The third-order valence-corrected chi connectivity index (χ3v) is 6.07. The van der Waals surface area contributed by atoms with Crippen molar-refractivity contribution in [2.45, 2.75) is 75.9 Å². The molecule has 1 fully saturated rings. The largest absolute Gasteiger partial charge is 0.490 e. The minimum Gasteiger partial charge on any atom is -0.456 e. The number of aromatic nitrogens is 1. The molecule has 1 aromatic carbocycles. The molecule has 16 heteroatoms. The lowest BCUT2D eigenvalue weighted by molar-refractivity contribution is -0.206. The molecular weight excluding hydrogens is 553 g/mol. The van der Waals surface area contributed by atoms with E-state index in [9.17, 15) is 49.1 Å². The number of nitrogens with zero attached hydrogens (tertiary/aromatic N) is 1. The molecule has 1 amide bonds. The average molecular weight is 575 g/mol. The molecule has 1 aliphatic rings. The van der Waals surface area contributed by atoms with Gasteiger partial charge in [-0.3, -0.25) is 4.79 Å². The zero-order valence-electron chi connectivity index (χ0n) is 20.1. The fraction of sp³-hybridized carbons (Fsp3) is 0.522. The zero-order chi connectivity index (χ0) is 29.2.